The molecule has 3 unspecified atom stereocenters. The summed E-state index contributed by atoms with van der Waals surface area (Å²) in [6, 6.07) is 9.54. The molecule has 0 aliphatic carbocycles. The molecule has 3 rings (SSSR count). The third-order valence-electron chi connectivity index (χ3n) is 5.01. The van der Waals surface area contributed by atoms with Gasteiger partial charge in [0, 0.05) is 30.8 Å². The van der Waals surface area contributed by atoms with E-state index < -0.39 is 0 Å². The van der Waals surface area contributed by atoms with Gasteiger partial charge in [0.15, 0.2) is 0 Å². The Kier molecular flexibility index (Phi) is 4.81. The molecule has 3 heteroatoms. The minimum atomic E-state index is 0.453. The quantitative estimate of drug-likeness (QED) is 0.903. The number of rotatable bonds is 5. The van der Waals surface area contributed by atoms with Gasteiger partial charge in [-0.25, -0.2) is 0 Å². The van der Waals surface area contributed by atoms with Crippen molar-refractivity contribution in [2.24, 2.45) is 5.73 Å². The average molecular weight is 288 g/mol. The zero-order valence-electron chi connectivity index (χ0n) is 13.1. The SMILES string of the molecule is CCCC1CC(N2CC(CCN)c3ccccc32)CCO1. The highest BCUT2D eigenvalue weighted by atomic mass is 16.5. The molecule has 2 aliphatic heterocycles. The van der Waals surface area contributed by atoms with Gasteiger partial charge in [-0.05, 0) is 43.9 Å². The largest absolute Gasteiger partial charge is 0.378 e. The maximum Gasteiger partial charge on any atom is 0.0594 e. The van der Waals surface area contributed by atoms with Gasteiger partial charge >= 0.3 is 0 Å². The first-order valence-electron chi connectivity index (χ1n) is 8.50. The van der Waals surface area contributed by atoms with E-state index in [0.717, 1.165) is 32.5 Å². The third-order valence-corrected chi connectivity index (χ3v) is 5.01. The Labute approximate surface area is 128 Å². The van der Waals surface area contributed by atoms with Crippen LogP contribution in [0.2, 0.25) is 0 Å². The van der Waals surface area contributed by atoms with Gasteiger partial charge in [0.25, 0.3) is 0 Å². The van der Waals surface area contributed by atoms with Crippen LogP contribution in [0.15, 0.2) is 24.3 Å². The van der Waals surface area contributed by atoms with Crippen LogP contribution in [0.3, 0.4) is 0 Å². The molecule has 1 aromatic carbocycles. The fraction of sp³-hybridized carbons (Fsp3) is 0.667. The Balaban J connectivity index is 1.76. The Hall–Kier alpha value is -1.06. The molecule has 0 saturated carbocycles. The van der Waals surface area contributed by atoms with Gasteiger partial charge in [0.1, 0.15) is 0 Å². The number of para-hydroxylation sites is 1. The van der Waals surface area contributed by atoms with Gasteiger partial charge in [0.2, 0.25) is 0 Å². The van der Waals surface area contributed by atoms with E-state index in [2.05, 4.69) is 36.1 Å². The van der Waals surface area contributed by atoms with Crippen LogP contribution in [0, 0.1) is 0 Å². The molecular weight excluding hydrogens is 260 g/mol. The monoisotopic (exact) mass is 288 g/mol. The maximum absolute atomic E-state index is 5.92. The number of hydrogen-bond donors (Lipinski definition) is 1. The van der Waals surface area contributed by atoms with E-state index in [1.807, 2.05) is 0 Å². The summed E-state index contributed by atoms with van der Waals surface area (Å²) in [5, 5.41) is 0. The number of anilines is 1. The Morgan fingerprint density at radius 2 is 2.14 bits per heavy atom. The lowest BCUT2D eigenvalue weighted by molar-refractivity contribution is 0.00171. The van der Waals surface area contributed by atoms with Crippen molar-refractivity contribution in [1.29, 1.82) is 0 Å². The molecule has 0 aromatic heterocycles. The molecule has 3 nitrogen and oxygen atoms in total. The number of benzene rings is 1. The summed E-state index contributed by atoms with van der Waals surface area (Å²) in [6.45, 7) is 5.07. The molecule has 21 heavy (non-hydrogen) atoms. The second-order valence-electron chi connectivity index (χ2n) is 6.45. The predicted molar refractivity (Wildman–Crippen MR) is 87.9 cm³/mol. The van der Waals surface area contributed by atoms with Crippen molar-refractivity contribution in [3.8, 4) is 0 Å². The smallest absolute Gasteiger partial charge is 0.0594 e. The maximum atomic E-state index is 5.92. The minimum Gasteiger partial charge on any atom is -0.378 e. The Morgan fingerprint density at radius 1 is 1.29 bits per heavy atom. The summed E-state index contributed by atoms with van der Waals surface area (Å²) < 4.78 is 5.92. The first-order chi connectivity index (χ1) is 10.3. The number of ether oxygens (including phenoxy) is 1. The molecule has 2 heterocycles. The highest BCUT2D eigenvalue weighted by Crippen LogP contribution is 2.40. The van der Waals surface area contributed by atoms with E-state index in [9.17, 15) is 0 Å². The van der Waals surface area contributed by atoms with Crippen molar-refractivity contribution in [3.05, 3.63) is 29.8 Å². The fourth-order valence-corrected chi connectivity index (χ4v) is 3.99. The minimum absolute atomic E-state index is 0.453. The number of nitrogens with two attached hydrogens (primary N) is 1. The summed E-state index contributed by atoms with van der Waals surface area (Å²) in [7, 11) is 0. The van der Waals surface area contributed by atoms with Crippen LogP contribution in [0.25, 0.3) is 0 Å². The summed E-state index contributed by atoms with van der Waals surface area (Å²) >= 11 is 0. The van der Waals surface area contributed by atoms with Crippen molar-refractivity contribution in [3.63, 3.8) is 0 Å². The van der Waals surface area contributed by atoms with Gasteiger partial charge in [-0.1, -0.05) is 31.5 Å². The Bertz CT molecular complexity index is 460. The van der Waals surface area contributed by atoms with E-state index in [1.165, 1.54) is 30.5 Å². The van der Waals surface area contributed by atoms with Crippen LogP contribution in [0.5, 0.6) is 0 Å². The van der Waals surface area contributed by atoms with Crippen molar-refractivity contribution < 1.29 is 4.74 Å². The predicted octanol–water partition coefficient (Wildman–Crippen LogP) is 3.29. The van der Waals surface area contributed by atoms with E-state index >= 15 is 0 Å². The Morgan fingerprint density at radius 3 is 2.95 bits per heavy atom. The number of nitrogens with zero attached hydrogens (tertiary/aromatic N) is 1. The van der Waals surface area contributed by atoms with E-state index in [4.69, 9.17) is 10.5 Å². The summed E-state index contributed by atoms with van der Waals surface area (Å²) in [5.41, 5.74) is 8.76. The highest BCUT2D eigenvalue weighted by Gasteiger charge is 2.34. The van der Waals surface area contributed by atoms with E-state index in [1.54, 1.807) is 0 Å². The van der Waals surface area contributed by atoms with Crippen LogP contribution in [-0.4, -0.2) is 31.8 Å². The molecular formula is C18H28N2O. The second kappa shape index (κ2) is 6.80. The number of fused-ring (bicyclic) bond motifs is 1. The zero-order chi connectivity index (χ0) is 14.7. The van der Waals surface area contributed by atoms with E-state index in [0.29, 0.717) is 18.1 Å². The molecule has 3 atom stereocenters. The molecule has 1 aromatic rings. The molecule has 116 valence electrons. The van der Waals surface area contributed by atoms with Gasteiger partial charge < -0.3 is 15.4 Å². The van der Waals surface area contributed by atoms with Crippen LogP contribution < -0.4 is 10.6 Å². The molecule has 0 radical (unpaired) electrons. The molecule has 2 N–H and O–H groups in total. The molecule has 2 aliphatic rings. The number of hydrogen-bond acceptors (Lipinski definition) is 3. The summed E-state index contributed by atoms with van der Waals surface area (Å²) in [6.07, 6.45) is 6.29. The van der Waals surface area contributed by atoms with Crippen molar-refractivity contribution >= 4 is 5.69 Å². The lowest BCUT2D eigenvalue weighted by atomic mass is 9.98. The third kappa shape index (κ3) is 3.09. The van der Waals surface area contributed by atoms with Crippen LogP contribution in [0.1, 0.15) is 50.5 Å². The van der Waals surface area contributed by atoms with Gasteiger partial charge in [-0.2, -0.15) is 0 Å². The first kappa shape index (κ1) is 14.9. The van der Waals surface area contributed by atoms with Gasteiger partial charge in [0.05, 0.1) is 6.10 Å². The molecule has 1 saturated heterocycles. The lowest BCUT2D eigenvalue weighted by Crippen LogP contribution is -2.42. The highest BCUT2D eigenvalue weighted by molar-refractivity contribution is 5.61. The van der Waals surface area contributed by atoms with Crippen LogP contribution >= 0.6 is 0 Å². The fourth-order valence-electron chi connectivity index (χ4n) is 3.99. The van der Waals surface area contributed by atoms with Gasteiger partial charge in [-0.3, -0.25) is 0 Å². The van der Waals surface area contributed by atoms with Gasteiger partial charge in [-0.15, -0.1) is 0 Å². The standard InChI is InChI=1S/C18H28N2O/c1-2-5-16-12-15(9-11-21-16)20-13-14(8-10-19)17-6-3-4-7-18(17)20/h3-4,6-7,14-16H,2,5,8-13,19H2,1H3. The van der Waals surface area contributed by atoms with Crippen molar-refractivity contribution in [2.75, 3.05) is 24.6 Å². The van der Waals surface area contributed by atoms with E-state index in [-0.39, 0.29) is 0 Å². The van der Waals surface area contributed by atoms with Crippen LogP contribution in [0.4, 0.5) is 5.69 Å². The summed E-state index contributed by atoms with van der Waals surface area (Å²) in [4.78, 5) is 2.64. The van der Waals surface area contributed by atoms with Crippen molar-refractivity contribution in [1.82, 2.24) is 0 Å². The normalized spacial score (nSPS) is 28.7. The molecule has 0 amide bonds. The second-order valence-corrected chi connectivity index (χ2v) is 6.45. The lowest BCUT2D eigenvalue weighted by Gasteiger charge is -2.37. The van der Waals surface area contributed by atoms with Crippen LogP contribution in [-0.2, 0) is 4.74 Å². The summed E-state index contributed by atoms with van der Waals surface area (Å²) in [5.74, 6) is 0.610. The topological polar surface area (TPSA) is 38.5 Å². The van der Waals surface area contributed by atoms with Crippen molar-refractivity contribution in [2.45, 2.75) is 57.1 Å². The molecule has 0 bridgehead atoms. The molecule has 0 spiro atoms. The average Bonchev–Trinajstić information content (AvgIpc) is 2.88. The first-order valence-corrected chi connectivity index (χ1v) is 8.50. The zero-order valence-corrected chi connectivity index (χ0v) is 13.1. The molecule has 1 fully saturated rings.